The topological polar surface area (TPSA) is 77.0 Å². The van der Waals surface area contributed by atoms with Gasteiger partial charge >= 0.3 is 0 Å². The van der Waals surface area contributed by atoms with Crippen LogP contribution in [0.4, 0.5) is 5.69 Å². The highest BCUT2D eigenvalue weighted by Gasteiger charge is 2.31. The van der Waals surface area contributed by atoms with E-state index in [1.807, 2.05) is 68.4 Å². The average molecular weight is 549 g/mol. The normalized spacial score (nSPS) is 15.8. The molecule has 0 bridgehead atoms. The SMILES string of the molecule is CCN(CC)C(=O)c1ccc(CNC(=NC)NC2CC(=O)N(c3ccccc3)C2)cc1.I. The lowest BCUT2D eigenvalue weighted by atomic mass is 10.1. The van der Waals surface area contributed by atoms with Crippen LogP contribution >= 0.6 is 24.0 Å². The van der Waals surface area contributed by atoms with E-state index in [4.69, 9.17) is 0 Å². The van der Waals surface area contributed by atoms with Gasteiger partial charge in [-0.3, -0.25) is 14.6 Å². The number of hydrogen-bond donors (Lipinski definition) is 2. The van der Waals surface area contributed by atoms with E-state index in [1.165, 1.54) is 0 Å². The predicted octanol–water partition coefficient (Wildman–Crippen LogP) is 3.26. The van der Waals surface area contributed by atoms with Crippen molar-refractivity contribution in [2.24, 2.45) is 4.99 Å². The van der Waals surface area contributed by atoms with Crippen molar-refractivity contribution in [3.63, 3.8) is 0 Å². The van der Waals surface area contributed by atoms with E-state index in [9.17, 15) is 9.59 Å². The molecule has 1 aliphatic heterocycles. The van der Waals surface area contributed by atoms with E-state index >= 15 is 0 Å². The first-order valence-electron chi connectivity index (χ1n) is 10.8. The maximum atomic E-state index is 12.4. The number of hydrogen-bond acceptors (Lipinski definition) is 3. The van der Waals surface area contributed by atoms with Gasteiger partial charge in [-0.05, 0) is 43.7 Å². The standard InChI is InChI=1S/C24H31N5O2.HI/c1-4-28(5-2)23(31)19-13-11-18(12-14-19)16-26-24(25-3)27-20-15-22(30)29(17-20)21-9-7-6-8-10-21;/h6-14,20H,4-5,15-17H2,1-3H3,(H2,25,26,27);1H. The minimum Gasteiger partial charge on any atom is -0.352 e. The van der Waals surface area contributed by atoms with Crippen LogP contribution in [0, 0.1) is 0 Å². The molecule has 0 aliphatic carbocycles. The number of amides is 2. The van der Waals surface area contributed by atoms with Gasteiger partial charge in [0.2, 0.25) is 5.91 Å². The lowest BCUT2D eigenvalue weighted by molar-refractivity contribution is -0.117. The van der Waals surface area contributed by atoms with Gasteiger partial charge in [-0.2, -0.15) is 0 Å². The number of benzene rings is 2. The molecular formula is C24H32IN5O2. The van der Waals surface area contributed by atoms with Crippen molar-refractivity contribution >= 4 is 47.4 Å². The van der Waals surface area contributed by atoms with Gasteiger partial charge in [-0.1, -0.05) is 30.3 Å². The Kier molecular flexibility index (Phi) is 9.96. The fourth-order valence-electron chi connectivity index (χ4n) is 3.69. The van der Waals surface area contributed by atoms with Crippen LogP contribution in [0.1, 0.15) is 36.2 Å². The van der Waals surface area contributed by atoms with Crippen molar-refractivity contribution in [3.05, 3.63) is 65.7 Å². The molecule has 2 aromatic carbocycles. The Hall–Kier alpha value is -2.62. The zero-order valence-electron chi connectivity index (χ0n) is 18.9. The van der Waals surface area contributed by atoms with Crippen LogP contribution in [-0.4, -0.2) is 55.4 Å². The number of rotatable bonds is 7. The Morgan fingerprint density at radius 2 is 1.75 bits per heavy atom. The number of anilines is 1. The number of para-hydroxylation sites is 1. The van der Waals surface area contributed by atoms with E-state index in [2.05, 4.69) is 15.6 Å². The zero-order chi connectivity index (χ0) is 22.2. The Bertz CT molecular complexity index is 914. The summed E-state index contributed by atoms with van der Waals surface area (Å²) in [5.41, 5.74) is 2.66. The van der Waals surface area contributed by atoms with Crippen molar-refractivity contribution < 1.29 is 9.59 Å². The highest BCUT2D eigenvalue weighted by molar-refractivity contribution is 14.0. The molecule has 1 unspecified atom stereocenters. The summed E-state index contributed by atoms with van der Waals surface area (Å²) in [6.07, 6.45) is 0.428. The molecule has 172 valence electrons. The first-order valence-corrected chi connectivity index (χ1v) is 10.8. The van der Waals surface area contributed by atoms with E-state index < -0.39 is 0 Å². The van der Waals surface area contributed by atoms with Crippen molar-refractivity contribution in [3.8, 4) is 0 Å². The fourth-order valence-corrected chi connectivity index (χ4v) is 3.69. The first-order chi connectivity index (χ1) is 15.0. The van der Waals surface area contributed by atoms with Gasteiger partial charge in [0, 0.05) is 50.9 Å². The van der Waals surface area contributed by atoms with Gasteiger partial charge in [-0.15, -0.1) is 24.0 Å². The van der Waals surface area contributed by atoms with Gasteiger partial charge in [0.1, 0.15) is 0 Å². The second kappa shape index (κ2) is 12.4. The Balaban J connectivity index is 0.00000363. The lowest BCUT2D eigenvalue weighted by Crippen LogP contribution is -2.44. The van der Waals surface area contributed by atoms with Crippen LogP contribution in [0.2, 0.25) is 0 Å². The Labute approximate surface area is 207 Å². The summed E-state index contributed by atoms with van der Waals surface area (Å²) in [5.74, 6) is 0.805. The molecular weight excluding hydrogens is 517 g/mol. The zero-order valence-corrected chi connectivity index (χ0v) is 21.2. The smallest absolute Gasteiger partial charge is 0.253 e. The van der Waals surface area contributed by atoms with Crippen LogP contribution in [0.25, 0.3) is 0 Å². The lowest BCUT2D eigenvalue weighted by Gasteiger charge is -2.19. The summed E-state index contributed by atoms with van der Waals surface area (Å²) in [6, 6.07) is 17.3. The molecule has 0 radical (unpaired) electrons. The van der Waals surface area contributed by atoms with E-state index in [-0.39, 0.29) is 41.8 Å². The number of halogens is 1. The summed E-state index contributed by atoms with van der Waals surface area (Å²) >= 11 is 0. The molecule has 1 atom stereocenters. The predicted molar refractivity (Wildman–Crippen MR) is 140 cm³/mol. The number of aliphatic imine (C=N–C) groups is 1. The van der Waals surface area contributed by atoms with E-state index in [0.717, 1.165) is 11.3 Å². The molecule has 32 heavy (non-hydrogen) atoms. The average Bonchev–Trinajstić information content (AvgIpc) is 3.18. The van der Waals surface area contributed by atoms with E-state index in [0.29, 0.717) is 44.1 Å². The Morgan fingerprint density at radius 3 is 2.34 bits per heavy atom. The third-order valence-electron chi connectivity index (χ3n) is 5.47. The third-order valence-corrected chi connectivity index (χ3v) is 5.47. The molecule has 0 aromatic heterocycles. The van der Waals surface area contributed by atoms with E-state index in [1.54, 1.807) is 16.8 Å². The molecule has 1 heterocycles. The Morgan fingerprint density at radius 1 is 1.09 bits per heavy atom. The quantitative estimate of drug-likeness (QED) is 0.316. The van der Waals surface area contributed by atoms with Crippen LogP contribution in [0.15, 0.2) is 59.6 Å². The number of nitrogens with zero attached hydrogens (tertiary/aromatic N) is 3. The molecule has 1 saturated heterocycles. The summed E-state index contributed by atoms with van der Waals surface area (Å²) in [7, 11) is 1.72. The number of carbonyl (C=O) groups excluding carboxylic acids is 2. The highest BCUT2D eigenvalue weighted by Crippen LogP contribution is 2.21. The van der Waals surface area contributed by atoms with Gasteiger partial charge in [0.05, 0.1) is 6.04 Å². The van der Waals surface area contributed by atoms with Crippen LogP contribution in [0.5, 0.6) is 0 Å². The van der Waals surface area contributed by atoms with Crippen LogP contribution in [-0.2, 0) is 11.3 Å². The molecule has 8 heteroatoms. The van der Waals surface area contributed by atoms with Crippen LogP contribution < -0.4 is 15.5 Å². The molecule has 1 fully saturated rings. The van der Waals surface area contributed by atoms with Crippen LogP contribution in [0.3, 0.4) is 0 Å². The monoisotopic (exact) mass is 549 g/mol. The number of nitrogens with one attached hydrogen (secondary N) is 2. The first kappa shape index (κ1) is 25.6. The molecule has 2 N–H and O–H groups in total. The molecule has 1 aliphatic rings. The maximum Gasteiger partial charge on any atom is 0.253 e. The summed E-state index contributed by atoms with van der Waals surface area (Å²) in [6.45, 7) is 6.54. The summed E-state index contributed by atoms with van der Waals surface area (Å²) < 4.78 is 0. The molecule has 2 aromatic rings. The third kappa shape index (κ3) is 6.44. The van der Waals surface area contributed by atoms with Crippen molar-refractivity contribution in [2.75, 3.05) is 31.6 Å². The van der Waals surface area contributed by atoms with Gasteiger partial charge in [-0.25, -0.2) is 0 Å². The molecule has 0 saturated carbocycles. The molecule has 3 rings (SSSR count). The summed E-state index contributed by atoms with van der Waals surface area (Å²) in [5, 5.41) is 6.63. The fraction of sp³-hybridized carbons (Fsp3) is 0.375. The highest BCUT2D eigenvalue weighted by atomic mass is 127. The van der Waals surface area contributed by atoms with Gasteiger partial charge in [0.25, 0.3) is 5.91 Å². The minimum atomic E-state index is -0.00651. The second-order valence-corrected chi connectivity index (χ2v) is 7.49. The maximum absolute atomic E-state index is 12.4. The molecule has 2 amide bonds. The number of guanidine groups is 1. The van der Waals surface area contributed by atoms with Crippen molar-refractivity contribution in [1.29, 1.82) is 0 Å². The molecule has 0 spiro atoms. The van der Waals surface area contributed by atoms with Gasteiger partial charge < -0.3 is 20.4 Å². The molecule has 7 nitrogen and oxygen atoms in total. The number of carbonyl (C=O) groups is 2. The largest absolute Gasteiger partial charge is 0.352 e. The van der Waals surface area contributed by atoms with Crippen molar-refractivity contribution in [2.45, 2.75) is 32.9 Å². The minimum absolute atomic E-state index is 0. The van der Waals surface area contributed by atoms with Gasteiger partial charge in [0.15, 0.2) is 5.96 Å². The second-order valence-electron chi connectivity index (χ2n) is 7.49. The van der Waals surface area contributed by atoms with Crippen molar-refractivity contribution in [1.82, 2.24) is 15.5 Å². The summed E-state index contributed by atoms with van der Waals surface area (Å²) in [4.78, 5) is 32.7.